The Morgan fingerprint density at radius 1 is 0.972 bits per heavy atom. The number of amides is 1. The maximum absolute atomic E-state index is 13.5. The van der Waals surface area contributed by atoms with Gasteiger partial charge in [-0.3, -0.25) is 9.10 Å². The fourth-order valence-electron chi connectivity index (χ4n) is 3.34. The summed E-state index contributed by atoms with van der Waals surface area (Å²) in [6.07, 6.45) is 0.712. The highest BCUT2D eigenvalue weighted by molar-refractivity contribution is 7.99. The van der Waals surface area contributed by atoms with Gasteiger partial charge in [0.2, 0.25) is 5.91 Å². The molecule has 192 valence electrons. The third kappa shape index (κ3) is 7.14. The van der Waals surface area contributed by atoms with Crippen molar-refractivity contribution < 1.29 is 27.1 Å². The molecule has 0 radical (unpaired) electrons. The Bertz CT molecular complexity index is 1270. The van der Waals surface area contributed by atoms with Crippen molar-refractivity contribution in [2.45, 2.75) is 23.1 Å². The third-order valence-electron chi connectivity index (χ3n) is 5.28. The molecule has 0 unspecified atom stereocenters. The minimum absolute atomic E-state index is 0.0910. The van der Waals surface area contributed by atoms with Crippen molar-refractivity contribution in [1.29, 1.82) is 0 Å². The van der Waals surface area contributed by atoms with E-state index in [1.807, 2.05) is 19.1 Å². The van der Waals surface area contributed by atoms with Gasteiger partial charge in [0.1, 0.15) is 12.4 Å². The van der Waals surface area contributed by atoms with Gasteiger partial charge in [-0.15, -0.1) is 11.8 Å². The van der Waals surface area contributed by atoms with Crippen LogP contribution >= 0.6 is 11.8 Å². The molecule has 7 nitrogen and oxygen atoms in total. The van der Waals surface area contributed by atoms with Crippen molar-refractivity contribution in [3.8, 4) is 11.5 Å². The zero-order chi connectivity index (χ0) is 26.1. The van der Waals surface area contributed by atoms with Crippen LogP contribution in [0, 0.1) is 12.7 Å². The van der Waals surface area contributed by atoms with Crippen LogP contribution in [0.1, 0.15) is 12.0 Å². The van der Waals surface area contributed by atoms with Crippen molar-refractivity contribution in [2.24, 2.45) is 0 Å². The first-order valence-corrected chi connectivity index (χ1v) is 13.6. The van der Waals surface area contributed by atoms with Crippen LogP contribution in [0.5, 0.6) is 11.5 Å². The molecule has 0 aliphatic rings. The predicted octanol–water partition coefficient (Wildman–Crippen LogP) is 4.65. The molecule has 0 saturated carbocycles. The molecule has 0 aromatic heterocycles. The molecular weight excluding hydrogens is 503 g/mol. The first-order valence-electron chi connectivity index (χ1n) is 11.2. The number of anilines is 1. The van der Waals surface area contributed by atoms with Gasteiger partial charge in [0.05, 0.1) is 24.8 Å². The monoisotopic (exact) mass is 532 g/mol. The summed E-state index contributed by atoms with van der Waals surface area (Å²) < 4.78 is 51.9. The Hall–Kier alpha value is -3.24. The number of rotatable bonds is 12. The lowest BCUT2D eigenvalue weighted by molar-refractivity contribution is -0.119. The largest absolute Gasteiger partial charge is 0.493 e. The number of ether oxygens (including phenoxy) is 2. The lowest BCUT2D eigenvalue weighted by Crippen LogP contribution is -2.41. The molecule has 0 fully saturated rings. The first kappa shape index (κ1) is 27.3. The molecule has 3 aromatic carbocycles. The van der Waals surface area contributed by atoms with Gasteiger partial charge >= 0.3 is 0 Å². The number of nitrogens with one attached hydrogen (secondary N) is 1. The van der Waals surface area contributed by atoms with Crippen molar-refractivity contribution in [1.82, 2.24) is 5.32 Å². The van der Waals surface area contributed by atoms with Gasteiger partial charge in [0.15, 0.2) is 11.5 Å². The molecule has 0 atom stereocenters. The summed E-state index contributed by atoms with van der Waals surface area (Å²) in [5.74, 6) is 0.412. The Morgan fingerprint density at radius 2 is 1.64 bits per heavy atom. The number of aryl methyl sites for hydroxylation is 1. The lowest BCUT2D eigenvalue weighted by Gasteiger charge is -2.24. The Balaban J connectivity index is 1.70. The van der Waals surface area contributed by atoms with E-state index in [1.165, 1.54) is 50.1 Å². The maximum atomic E-state index is 13.5. The average Bonchev–Trinajstić information content (AvgIpc) is 2.88. The molecule has 1 N–H and O–H groups in total. The second-order valence-corrected chi connectivity index (χ2v) is 10.9. The number of carbonyl (C=O) groups is 1. The van der Waals surface area contributed by atoms with E-state index < -0.39 is 28.3 Å². The number of thioether (sulfide) groups is 1. The highest BCUT2D eigenvalue weighted by atomic mass is 32.2. The number of methoxy groups -OCH3 is 2. The van der Waals surface area contributed by atoms with Crippen LogP contribution in [-0.2, 0) is 14.8 Å². The zero-order valence-corrected chi connectivity index (χ0v) is 22.0. The van der Waals surface area contributed by atoms with Crippen molar-refractivity contribution in [3.63, 3.8) is 0 Å². The van der Waals surface area contributed by atoms with Crippen LogP contribution in [0.2, 0.25) is 0 Å². The normalized spacial score (nSPS) is 11.1. The minimum atomic E-state index is -4.18. The number of hydrogen-bond acceptors (Lipinski definition) is 6. The molecule has 1 amide bonds. The van der Waals surface area contributed by atoms with Gasteiger partial charge in [0.25, 0.3) is 10.0 Å². The summed E-state index contributed by atoms with van der Waals surface area (Å²) in [5.41, 5.74) is 1.36. The van der Waals surface area contributed by atoms with E-state index in [0.717, 1.165) is 27.1 Å². The smallest absolute Gasteiger partial charge is 0.264 e. The molecule has 0 bridgehead atoms. The van der Waals surface area contributed by atoms with Gasteiger partial charge in [-0.1, -0.05) is 17.7 Å². The van der Waals surface area contributed by atoms with E-state index in [0.29, 0.717) is 18.7 Å². The van der Waals surface area contributed by atoms with E-state index >= 15 is 0 Å². The Kier molecular flexibility index (Phi) is 9.60. The average molecular weight is 533 g/mol. The summed E-state index contributed by atoms with van der Waals surface area (Å²) in [7, 11) is -1.34. The highest BCUT2D eigenvalue weighted by Gasteiger charge is 2.28. The second-order valence-electron chi connectivity index (χ2n) is 7.87. The number of sulfonamides is 1. The van der Waals surface area contributed by atoms with Gasteiger partial charge in [0, 0.05) is 17.5 Å². The van der Waals surface area contributed by atoms with E-state index in [4.69, 9.17) is 9.47 Å². The quantitative estimate of drug-likeness (QED) is 0.270. The standard InChI is InChI=1S/C26H29FN2O5S2/c1-19-5-11-22(12-6-19)35-16-4-15-28-26(30)18-29(21-9-7-20(27)8-10-21)36(31,32)23-13-14-24(33-2)25(17-23)34-3/h5-14,17H,4,15-16,18H2,1-3H3,(H,28,30). The number of hydrogen-bond donors (Lipinski definition) is 1. The fraction of sp³-hybridized carbons (Fsp3) is 0.269. The third-order valence-corrected chi connectivity index (χ3v) is 8.15. The highest BCUT2D eigenvalue weighted by Crippen LogP contribution is 2.32. The Labute approximate surface area is 215 Å². The molecule has 3 aromatic rings. The number of benzene rings is 3. The van der Waals surface area contributed by atoms with Gasteiger partial charge in [-0.25, -0.2) is 12.8 Å². The molecule has 36 heavy (non-hydrogen) atoms. The molecule has 0 aliphatic heterocycles. The first-order chi connectivity index (χ1) is 17.2. The topological polar surface area (TPSA) is 84.9 Å². The molecule has 0 saturated heterocycles. The second kappa shape index (κ2) is 12.6. The van der Waals surface area contributed by atoms with Crippen molar-refractivity contribution in [2.75, 3.05) is 37.4 Å². The molecule has 0 aliphatic carbocycles. The number of nitrogens with zero attached hydrogens (tertiary/aromatic N) is 1. The van der Waals surface area contributed by atoms with Crippen molar-refractivity contribution >= 4 is 33.4 Å². The van der Waals surface area contributed by atoms with Crippen molar-refractivity contribution in [3.05, 3.63) is 78.1 Å². The van der Waals surface area contributed by atoms with E-state index in [9.17, 15) is 17.6 Å². The summed E-state index contributed by atoms with van der Waals surface area (Å²) in [5, 5.41) is 2.78. The van der Waals surface area contributed by atoms with E-state index in [-0.39, 0.29) is 16.3 Å². The minimum Gasteiger partial charge on any atom is -0.493 e. The molecule has 10 heteroatoms. The zero-order valence-electron chi connectivity index (χ0n) is 20.4. The van der Waals surface area contributed by atoms with E-state index in [1.54, 1.807) is 11.8 Å². The SMILES string of the molecule is COc1ccc(S(=O)(=O)N(CC(=O)NCCCSc2ccc(C)cc2)c2ccc(F)cc2)cc1OC. The predicted molar refractivity (Wildman–Crippen MR) is 140 cm³/mol. The Morgan fingerprint density at radius 3 is 2.28 bits per heavy atom. The van der Waals surface area contributed by atoms with Gasteiger partial charge < -0.3 is 14.8 Å². The summed E-state index contributed by atoms with van der Waals surface area (Å²) in [6.45, 7) is 1.96. The molecule has 0 heterocycles. The maximum Gasteiger partial charge on any atom is 0.264 e. The van der Waals surface area contributed by atoms with Gasteiger partial charge in [-0.05, 0) is 67.6 Å². The van der Waals surface area contributed by atoms with Crippen LogP contribution in [0.3, 0.4) is 0 Å². The fourth-order valence-corrected chi connectivity index (χ4v) is 5.63. The number of carbonyl (C=O) groups excluding carboxylic acids is 1. The van der Waals surface area contributed by atoms with Crippen LogP contribution in [-0.4, -0.2) is 47.4 Å². The summed E-state index contributed by atoms with van der Waals surface area (Å²) in [6, 6.07) is 17.3. The summed E-state index contributed by atoms with van der Waals surface area (Å²) >= 11 is 1.69. The van der Waals surface area contributed by atoms with Gasteiger partial charge in [-0.2, -0.15) is 0 Å². The molecular formula is C26H29FN2O5S2. The van der Waals surface area contributed by atoms with Crippen LogP contribution in [0.15, 0.2) is 76.5 Å². The van der Waals surface area contributed by atoms with E-state index in [2.05, 4.69) is 17.4 Å². The lowest BCUT2D eigenvalue weighted by atomic mass is 10.2. The van der Waals surface area contributed by atoms with Crippen LogP contribution in [0.4, 0.5) is 10.1 Å². The molecule has 3 rings (SSSR count). The number of halogens is 1. The molecule has 0 spiro atoms. The summed E-state index contributed by atoms with van der Waals surface area (Å²) in [4.78, 5) is 13.8. The van der Waals surface area contributed by atoms with Crippen LogP contribution in [0.25, 0.3) is 0 Å². The van der Waals surface area contributed by atoms with Crippen LogP contribution < -0.4 is 19.1 Å².